The molecule has 1 N–H and O–H groups in total. The Balaban J connectivity index is 1.23. The molecule has 35 heavy (non-hydrogen) atoms. The summed E-state index contributed by atoms with van der Waals surface area (Å²) in [6.07, 6.45) is 1.23. The summed E-state index contributed by atoms with van der Waals surface area (Å²) >= 11 is 2.61. The Morgan fingerprint density at radius 3 is 2.86 bits per heavy atom. The summed E-state index contributed by atoms with van der Waals surface area (Å²) in [7, 11) is -3.60. The van der Waals surface area contributed by atoms with E-state index in [9.17, 15) is 13.2 Å². The first-order valence-corrected chi connectivity index (χ1v) is 14.1. The predicted molar refractivity (Wildman–Crippen MR) is 132 cm³/mol. The van der Waals surface area contributed by atoms with E-state index in [2.05, 4.69) is 15.4 Å². The van der Waals surface area contributed by atoms with Crippen molar-refractivity contribution in [1.29, 1.82) is 0 Å². The number of sulfonamides is 1. The van der Waals surface area contributed by atoms with Crippen molar-refractivity contribution in [2.24, 2.45) is 5.92 Å². The number of carbonyl (C=O) groups excluding carboxylic acids is 1. The minimum Gasteiger partial charge on any atom is -0.454 e. The third-order valence-corrected chi connectivity index (χ3v) is 10.2. The number of nitrogens with zero attached hydrogens (tertiary/aromatic N) is 4. The molecule has 3 aromatic heterocycles. The van der Waals surface area contributed by atoms with Crippen LogP contribution in [0.2, 0.25) is 0 Å². The lowest BCUT2D eigenvalue weighted by molar-refractivity contribution is -0.120. The van der Waals surface area contributed by atoms with E-state index in [-0.39, 0.29) is 19.2 Å². The van der Waals surface area contributed by atoms with Gasteiger partial charge in [0.25, 0.3) is 10.0 Å². The zero-order valence-electron chi connectivity index (χ0n) is 18.6. The highest BCUT2D eigenvalue weighted by atomic mass is 32.2. The van der Waals surface area contributed by atoms with Gasteiger partial charge in [0.1, 0.15) is 10.0 Å². The van der Waals surface area contributed by atoms with E-state index in [1.165, 1.54) is 27.0 Å². The maximum Gasteiger partial charge on any atom is 0.252 e. The van der Waals surface area contributed by atoms with Crippen molar-refractivity contribution < 1.29 is 22.7 Å². The topological polar surface area (TPSA) is 116 Å². The molecule has 0 spiro atoms. The Hall–Kier alpha value is -3.00. The van der Waals surface area contributed by atoms with Crippen LogP contribution in [0.15, 0.2) is 39.9 Å². The third-order valence-electron chi connectivity index (χ3n) is 5.98. The molecule has 0 bridgehead atoms. The number of hydrogen-bond donors (Lipinski definition) is 1. The van der Waals surface area contributed by atoms with Gasteiger partial charge in [-0.05, 0) is 31.2 Å². The van der Waals surface area contributed by atoms with Crippen LogP contribution in [0.25, 0.3) is 15.3 Å². The maximum atomic E-state index is 13.2. The van der Waals surface area contributed by atoms with E-state index in [0.717, 1.165) is 15.9 Å². The van der Waals surface area contributed by atoms with Crippen LogP contribution in [-0.2, 0) is 14.8 Å². The second-order valence-electron chi connectivity index (χ2n) is 8.38. The molecule has 1 unspecified atom stereocenters. The van der Waals surface area contributed by atoms with E-state index in [4.69, 9.17) is 9.47 Å². The first kappa shape index (κ1) is 22.5. The summed E-state index contributed by atoms with van der Waals surface area (Å²) in [5, 5.41) is 9.81. The number of fused-ring (bicyclic) bond motifs is 2. The Morgan fingerprint density at radius 1 is 1.23 bits per heavy atom. The first-order chi connectivity index (χ1) is 16.9. The molecule has 0 saturated carbocycles. The SMILES string of the molecule is Cc1cc(NC(=O)C2CCCN(S(=O)(=O)c3cccs3)C2)n(-c2nc3cc4c(cc3s2)OCO4)n1. The van der Waals surface area contributed by atoms with Crippen LogP contribution in [0, 0.1) is 12.8 Å². The van der Waals surface area contributed by atoms with Gasteiger partial charge in [-0.3, -0.25) is 4.79 Å². The number of amides is 1. The highest BCUT2D eigenvalue weighted by Crippen LogP contribution is 2.39. The Bertz CT molecular complexity index is 1490. The maximum absolute atomic E-state index is 13.2. The summed E-state index contributed by atoms with van der Waals surface area (Å²) in [6, 6.07) is 8.80. The molecule has 2 aliphatic heterocycles. The van der Waals surface area contributed by atoms with E-state index < -0.39 is 15.9 Å². The first-order valence-electron chi connectivity index (χ1n) is 11.0. The summed E-state index contributed by atoms with van der Waals surface area (Å²) in [6.45, 7) is 2.59. The number of hydrogen-bond acceptors (Lipinski definition) is 9. The summed E-state index contributed by atoms with van der Waals surface area (Å²) in [5.74, 6) is 1.12. The number of aromatic nitrogens is 3. The summed E-state index contributed by atoms with van der Waals surface area (Å²) in [5.41, 5.74) is 1.47. The number of thiazole rings is 1. The van der Waals surface area contributed by atoms with E-state index in [1.54, 1.807) is 28.3 Å². The van der Waals surface area contributed by atoms with Crippen molar-refractivity contribution in [3.63, 3.8) is 0 Å². The second-order valence-corrected chi connectivity index (χ2v) is 12.5. The van der Waals surface area contributed by atoms with Crippen molar-refractivity contribution in [3.05, 3.63) is 41.4 Å². The summed E-state index contributed by atoms with van der Waals surface area (Å²) < 4.78 is 41.0. The quantitative estimate of drug-likeness (QED) is 0.418. The van der Waals surface area contributed by atoms with Gasteiger partial charge in [0.2, 0.25) is 17.8 Å². The van der Waals surface area contributed by atoms with Crippen LogP contribution in [0.1, 0.15) is 18.5 Å². The Labute approximate surface area is 209 Å². The molecule has 13 heteroatoms. The molecule has 1 aromatic carbocycles. The number of anilines is 1. The number of benzene rings is 1. The molecule has 182 valence electrons. The van der Waals surface area contributed by atoms with E-state index >= 15 is 0 Å². The van der Waals surface area contributed by atoms with Gasteiger partial charge >= 0.3 is 0 Å². The molecule has 1 fully saturated rings. The number of aryl methyl sites for hydroxylation is 1. The molecule has 0 radical (unpaired) electrons. The average molecular weight is 532 g/mol. The minimum absolute atomic E-state index is 0.145. The van der Waals surface area contributed by atoms with Crippen LogP contribution in [0.4, 0.5) is 5.82 Å². The van der Waals surface area contributed by atoms with E-state index in [1.807, 2.05) is 19.1 Å². The van der Waals surface area contributed by atoms with E-state index in [0.29, 0.717) is 46.0 Å². The number of rotatable bonds is 5. The minimum atomic E-state index is -3.60. The normalized spacial score (nSPS) is 18.3. The molecule has 2 aliphatic rings. The average Bonchev–Trinajstić information content (AvgIpc) is 3.63. The fraction of sp³-hybridized carbons (Fsp3) is 0.318. The lowest BCUT2D eigenvalue weighted by atomic mass is 9.99. The van der Waals surface area contributed by atoms with Crippen LogP contribution >= 0.6 is 22.7 Å². The summed E-state index contributed by atoms with van der Waals surface area (Å²) in [4.78, 5) is 17.9. The van der Waals surface area contributed by atoms with Crippen LogP contribution < -0.4 is 14.8 Å². The number of ether oxygens (including phenoxy) is 2. The van der Waals surface area contributed by atoms with Crippen molar-refractivity contribution in [3.8, 4) is 16.6 Å². The molecule has 1 atom stereocenters. The number of thiophene rings is 1. The predicted octanol–water partition coefficient (Wildman–Crippen LogP) is 3.62. The standard InChI is InChI=1S/C22H21N5O5S3/c1-13-8-19(27(25-13)22-23-15-9-16-17(32-12-31-16)10-18(15)34-22)24-21(28)14-4-2-6-26(11-14)35(29,30)20-5-3-7-33-20/h3,5,7-10,14H,2,4,6,11-12H2,1H3,(H,24,28). The van der Waals surface area contributed by atoms with Crippen molar-refractivity contribution in [2.45, 2.75) is 24.0 Å². The highest BCUT2D eigenvalue weighted by molar-refractivity contribution is 7.91. The lowest BCUT2D eigenvalue weighted by Crippen LogP contribution is -2.43. The van der Waals surface area contributed by atoms with Gasteiger partial charge in [0, 0.05) is 31.3 Å². The van der Waals surface area contributed by atoms with Gasteiger partial charge in [-0.1, -0.05) is 17.4 Å². The fourth-order valence-electron chi connectivity index (χ4n) is 4.27. The van der Waals surface area contributed by atoms with Crippen molar-refractivity contribution >= 4 is 54.6 Å². The molecular weight excluding hydrogens is 510 g/mol. The molecule has 1 amide bonds. The van der Waals surface area contributed by atoms with Crippen LogP contribution in [-0.4, -0.2) is 53.3 Å². The largest absolute Gasteiger partial charge is 0.454 e. The number of nitrogens with one attached hydrogen (secondary N) is 1. The van der Waals surface area contributed by atoms with Crippen molar-refractivity contribution in [1.82, 2.24) is 19.1 Å². The Kier molecular flexibility index (Phi) is 5.51. The van der Waals surface area contributed by atoms with Crippen LogP contribution in [0.5, 0.6) is 11.5 Å². The third kappa shape index (κ3) is 4.07. The number of carbonyl (C=O) groups is 1. The number of piperidine rings is 1. The van der Waals surface area contributed by atoms with Gasteiger partial charge in [0.05, 0.1) is 21.8 Å². The zero-order valence-corrected chi connectivity index (χ0v) is 21.1. The molecular formula is C22H21N5O5S3. The highest BCUT2D eigenvalue weighted by Gasteiger charge is 2.34. The molecule has 1 saturated heterocycles. The van der Waals surface area contributed by atoms with Gasteiger partial charge in [-0.2, -0.15) is 14.1 Å². The lowest BCUT2D eigenvalue weighted by Gasteiger charge is -2.30. The van der Waals surface area contributed by atoms with Crippen molar-refractivity contribution in [2.75, 3.05) is 25.2 Å². The van der Waals surface area contributed by atoms with Gasteiger partial charge in [-0.15, -0.1) is 11.3 Å². The molecule has 6 rings (SSSR count). The van der Waals surface area contributed by atoms with Gasteiger partial charge < -0.3 is 14.8 Å². The fourth-order valence-corrected chi connectivity index (χ4v) is 7.88. The van der Waals surface area contributed by atoms with Crippen LogP contribution in [0.3, 0.4) is 0 Å². The van der Waals surface area contributed by atoms with Gasteiger partial charge in [0.15, 0.2) is 11.5 Å². The molecule has 4 aromatic rings. The molecule has 10 nitrogen and oxygen atoms in total. The second kappa shape index (κ2) is 8.59. The Morgan fingerprint density at radius 2 is 2.06 bits per heavy atom. The zero-order chi connectivity index (χ0) is 24.2. The monoisotopic (exact) mass is 531 g/mol. The molecule has 0 aliphatic carbocycles. The molecule has 5 heterocycles. The van der Waals surface area contributed by atoms with Gasteiger partial charge in [-0.25, -0.2) is 13.4 Å². The smallest absolute Gasteiger partial charge is 0.252 e.